The van der Waals surface area contributed by atoms with Crippen molar-refractivity contribution in [1.29, 1.82) is 0 Å². The molecule has 0 bridgehead atoms. The average molecular weight is 357 g/mol. The van der Waals surface area contributed by atoms with Gasteiger partial charge < -0.3 is 10.3 Å². The van der Waals surface area contributed by atoms with E-state index in [-0.39, 0.29) is 28.2 Å². The Hall–Kier alpha value is -1.74. The van der Waals surface area contributed by atoms with E-state index in [9.17, 15) is 4.79 Å². The topological polar surface area (TPSA) is 44.9 Å². The molecule has 4 rings (SSSR count). The van der Waals surface area contributed by atoms with Gasteiger partial charge in [-0.05, 0) is 34.9 Å². The van der Waals surface area contributed by atoms with Crippen LogP contribution >= 0.6 is 11.6 Å². The van der Waals surface area contributed by atoms with Crippen LogP contribution in [0.3, 0.4) is 0 Å². The molecule has 4 heteroatoms. The number of nitrogens with one attached hydrogen (secondary N) is 2. The first-order chi connectivity index (χ1) is 11.9. The summed E-state index contributed by atoms with van der Waals surface area (Å²) >= 11 is 6.87. The lowest BCUT2D eigenvalue weighted by Crippen LogP contribution is -2.60. The Bertz CT molecular complexity index is 855. The highest BCUT2D eigenvalue weighted by Gasteiger charge is 2.56. The number of amides is 1. The van der Waals surface area contributed by atoms with Crippen molar-refractivity contribution in [1.82, 2.24) is 10.3 Å². The molecular weight excluding hydrogens is 332 g/mol. The highest BCUT2D eigenvalue weighted by Crippen LogP contribution is 2.60. The first kappa shape index (κ1) is 16.7. The van der Waals surface area contributed by atoms with E-state index in [4.69, 9.17) is 11.6 Å². The summed E-state index contributed by atoms with van der Waals surface area (Å²) in [5, 5.41) is 4.35. The average Bonchev–Trinajstić information content (AvgIpc) is 3.01. The molecule has 1 heterocycles. The summed E-state index contributed by atoms with van der Waals surface area (Å²) in [6.45, 7) is 10.8. The van der Waals surface area contributed by atoms with E-state index >= 15 is 0 Å². The number of hydrogen-bond donors (Lipinski definition) is 2. The maximum atomic E-state index is 11.4. The molecule has 1 fully saturated rings. The number of aromatic nitrogens is 1. The van der Waals surface area contributed by atoms with Crippen LogP contribution in [0.1, 0.15) is 44.2 Å². The van der Waals surface area contributed by atoms with Gasteiger partial charge in [-0.25, -0.2) is 0 Å². The number of halogens is 1. The van der Waals surface area contributed by atoms with Gasteiger partial charge in [-0.3, -0.25) is 4.79 Å². The number of hydrogen-bond acceptors (Lipinski definition) is 1. The van der Waals surface area contributed by atoms with Crippen molar-refractivity contribution in [3.8, 4) is 0 Å². The van der Waals surface area contributed by atoms with E-state index in [0.717, 1.165) is 18.3 Å². The SMILES string of the molecule is C=C[C@@]1(C)[C@H](Cl)C[C@H]2[C@H](c3c[nH]c4cccc(c34)C2(C)C)[C@H]1NC=O. The molecule has 0 spiro atoms. The third kappa shape index (κ3) is 2.02. The molecule has 132 valence electrons. The molecule has 1 aromatic carbocycles. The monoisotopic (exact) mass is 356 g/mol. The molecule has 2 aliphatic carbocycles. The van der Waals surface area contributed by atoms with Gasteiger partial charge in [-0.1, -0.05) is 39.0 Å². The van der Waals surface area contributed by atoms with Gasteiger partial charge in [0.25, 0.3) is 0 Å². The molecule has 2 aliphatic rings. The van der Waals surface area contributed by atoms with Gasteiger partial charge in [0.15, 0.2) is 0 Å². The van der Waals surface area contributed by atoms with Crippen molar-refractivity contribution in [2.24, 2.45) is 11.3 Å². The molecule has 1 aromatic heterocycles. The fourth-order valence-electron chi connectivity index (χ4n) is 5.40. The Morgan fingerprint density at radius 2 is 2.12 bits per heavy atom. The summed E-state index contributed by atoms with van der Waals surface area (Å²) in [5.41, 5.74) is 3.47. The normalized spacial score (nSPS) is 35.8. The smallest absolute Gasteiger partial charge is 0.207 e. The van der Waals surface area contributed by atoms with Crippen LogP contribution in [-0.2, 0) is 10.2 Å². The van der Waals surface area contributed by atoms with Crippen molar-refractivity contribution in [2.75, 3.05) is 0 Å². The van der Waals surface area contributed by atoms with Crippen molar-refractivity contribution in [2.45, 2.75) is 49.9 Å². The zero-order chi connectivity index (χ0) is 18.0. The molecule has 0 saturated heterocycles. The van der Waals surface area contributed by atoms with Crippen LogP contribution in [0.15, 0.2) is 37.1 Å². The highest BCUT2D eigenvalue weighted by molar-refractivity contribution is 6.21. The second-order valence-electron chi connectivity index (χ2n) is 8.36. The largest absolute Gasteiger partial charge is 0.361 e. The molecule has 3 nitrogen and oxygen atoms in total. The van der Waals surface area contributed by atoms with Gasteiger partial charge in [-0.15, -0.1) is 18.2 Å². The summed E-state index contributed by atoms with van der Waals surface area (Å²) in [5.74, 6) is 0.566. The van der Waals surface area contributed by atoms with E-state index in [1.165, 1.54) is 16.5 Å². The fourth-order valence-corrected chi connectivity index (χ4v) is 5.82. The molecule has 2 N–H and O–H groups in total. The third-order valence-electron chi connectivity index (χ3n) is 7.00. The summed E-state index contributed by atoms with van der Waals surface area (Å²) in [6, 6.07) is 6.41. The first-order valence-corrected chi connectivity index (χ1v) is 9.37. The van der Waals surface area contributed by atoms with Crippen LogP contribution in [0.4, 0.5) is 0 Å². The zero-order valence-corrected chi connectivity index (χ0v) is 15.7. The molecule has 1 amide bonds. The number of H-pyrrole nitrogens is 1. The van der Waals surface area contributed by atoms with Crippen molar-refractivity contribution >= 4 is 28.9 Å². The number of fused-ring (bicyclic) bond motifs is 2. The van der Waals surface area contributed by atoms with E-state index in [2.05, 4.69) is 62.0 Å². The second-order valence-corrected chi connectivity index (χ2v) is 8.89. The number of rotatable bonds is 3. The number of aromatic amines is 1. The Labute approximate surface area is 153 Å². The molecule has 25 heavy (non-hydrogen) atoms. The quantitative estimate of drug-likeness (QED) is 0.475. The van der Waals surface area contributed by atoms with Gasteiger partial charge in [0, 0.05) is 39.9 Å². The predicted octanol–water partition coefficient (Wildman–Crippen LogP) is 4.48. The lowest BCUT2D eigenvalue weighted by molar-refractivity contribution is -0.111. The molecule has 0 aliphatic heterocycles. The summed E-state index contributed by atoms with van der Waals surface area (Å²) in [4.78, 5) is 14.9. The highest BCUT2D eigenvalue weighted by atomic mass is 35.5. The van der Waals surface area contributed by atoms with Crippen molar-refractivity contribution in [3.05, 3.63) is 48.2 Å². The molecular formula is C21H25ClN2O. The fraction of sp³-hybridized carbons (Fsp3) is 0.476. The molecule has 1 saturated carbocycles. The number of carbonyl (C=O) groups is 1. The van der Waals surface area contributed by atoms with Crippen LogP contribution in [-0.4, -0.2) is 22.8 Å². The van der Waals surface area contributed by atoms with E-state index in [1.54, 1.807) is 0 Å². The van der Waals surface area contributed by atoms with Gasteiger partial charge in [0.2, 0.25) is 6.41 Å². The van der Waals surface area contributed by atoms with Crippen LogP contribution in [0, 0.1) is 11.3 Å². The minimum absolute atomic E-state index is 0.0160. The van der Waals surface area contributed by atoms with Crippen molar-refractivity contribution in [3.63, 3.8) is 0 Å². The van der Waals surface area contributed by atoms with Crippen molar-refractivity contribution < 1.29 is 4.79 Å². The second kappa shape index (κ2) is 5.38. The minimum Gasteiger partial charge on any atom is -0.361 e. The van der Waals surface area contributed by atoms with Gasteiger partial charge in [0.05, 0.1) is 0 Å². The summed E-state index contributed by atoms with van der Waals surface area (Å²) in [7, 11) is 0. The standard InChI is InChI=1S/C21H25ClN2O/c1-5-21(4)16(22)9-14-18(19(21)24-11-25)12-10-23-15-8-6-7-13(17(12)15)20(14,2)3/h5-8,10-11,14,16,18-19,23H,1,9H2,2-4H3,(H,24,25)/t14-,16+,18-,19+,21-/m0/s1. The summed E-state index contributed by atoms with van der Waals surface area (Å²) < 4.78 is 0. The molecule has 2 aromatic rings. The maximum absolute atomic E-state index is 11.4. The van der Waals surface area contributed by atoms with Gasteiger partial charge in [-0.2, -0.15) is 0 Å². The van der Waals surface area contributed by atoms with Crippen LogP contribution in [0.25, 0.3) is 10.9 Å². The Kier molecular flexibility index (Phi) is 3.59. The lowest BCUT2D eigenvalue weighted by atomic mass is 9.51. The predicted molar refractivity (Wildman–Crippen MR) is 103 cm³/mol. The molecule has 0 unspecified atom stereocenters. The van der Waals surface area contributed by atoms with E-state index in [1.807, 2.05) is 6.08 Å². The number of alkyl halides is 1. The Morgan fingerprint density at radius 1 is 1.36 bits per heavy atom. The number of benzene rings is 1. The van der Waals surface area contributed by atoms with E-state index in [0.29, 0.717) is 5.92 Å². The van der Waals surface area contributed by atoms with Crippen LogP contribution in [0.5, 0.6) is 0 Å². The molecule has 5 atom stereocenters. The first-order valence-electron chi connectivity index (χ1n) is 8.94. The lowest BCUT2D eigenvalue weighted by Gasteiger charge is -2.56. The van der Waals surface area contributed by atoms with Crippen LogP contribution in [0.2, 0.25) is 0 Å². The molecule has 0 radical (unpaired) electrons. The van der Waals surface area contributed by atoms with Gasteiger partial charge in [0.1, 0.15) is 0 Å². The van der Waals surface area contributed by atoms with E-state index < -0.39 is 0 Å². The number of carbonyl (C=O) groups excluding carboxylic acids is 1. The summed E-state index contributed by atoms with van der Waals surface area (Å²) in [6.07, 6.45) is 5.77. The van der Waals surface area contributed by atoms with Gasteiger partial charge >= 0.3 is 0 Å². The minimum atomic E-state index is -0.352. The Balaban J connectivity index is 2.00. The third-order valence-corrected chi connectivity index (χ3v) is 7.65. The van der Waals surface area contributed by atoms with Crippen LogP contribution < -0.4 is 5.32 Å². The maximum Gasteiger partial charge on any atom is 0.207 e. The zero-order valence-electron chi connectivity index (χ0n) is 15.0. The Morgan fingerprint density at radius 3 is 2.80 bits per heavy atom.